The van der Waals surface area contributed by atoms with Crippen molar-refractivity contribution in [3.63, 3.8) is 0 Å². The zero-order valence-corrected chi connectivity index (χ0v) is 20.2. The molecule has 0 unspecified atom stereocenters. The van der Waals surface area contributed by atoms with Gasteiger partial charge >= 0.3 is 0 Å². The molecule has 0 saturated heterocycles. The molecule has 2 N–H and O–H groups in total. The molecule has 0 bridgehead atoms. The van der Waals surface area contributed by atoms with Gasteiger partial charge < -0.3 is 10.2 Å². The summed E-state index contributed by atoms with van der Waals surface area (Å²) in [6.45, 7) is 10.8. The van der Waals surface area contributed by atoms with Gasteiger partial charge in [-0.1, -0.05) is 31.5 Å². The van der Waals surface area contributed by atoms with Crippen LogP contribution in [0.1, 0.15) is 50.0 Å². The van der Waals surface area contributed by atoms with Crippen molar-refractivity contribution in [3.05, 3.63) is 59.7 Å². The number of hydrogen-bond acceptors (Lipinski definition) is 4. The lowest BCUT2D eigenvalue weighted by Gasteiger charge is -2.21. The third-order valence-electron chi connectivity index (χ3n) is 5.10. The highest BCUT2D eigenvalue weighted by Crippen LogP contribution is 2.16. The predicted octanol–water partition coefficient (Wildman–Crippen LogP) is 3.81. The Hall–Kier alpha value is -2.71. The summed E-state index contributed by atoms with van der Waals surface area (Å²) in [7, 11) is -3.85. The average molecular weight is 460 g/mol. The van der Waals surface area contributed by atoms with Gasteiger partial charge in [0, 0.05) is 24.3 Å². The first-order chi connectivity index (χ1) is 15.1. The molecule has 0 aliphatic rings. The van der Waals surface area contributed by atoms with Crippen molar-refractivity contribution in [2.45, 2.75) is 52.0 Å². The van der Waals surface area contributed by atoms with Gasteiger partial charge in [0.2, 0.25) is 15.9 Å². The maximum Gasteiger partial charge on any atom is 0.253 e. The second kappa shape index (κ2) is 11.2. The van der Waals surface area contributed by atoms with Crippen LogP contribution in [0.3, 0.4) is 0 Å². The van der Waals surface area contributed by atoms with Gasteiger partial charge in [-0.15, -0.1) is 0 Å². The van der Waals surface area contributed by atoms with Crippen LogP contribution >= 0.6 is 0 Å². The smallest absolute Gasteiger partial charge is 0.253 e. The number of anilines is 1. The quantitative estimate of drug-likeness (QED) is 0.565. The van der Waals surface area contributed by atoms with Gasteiger partial charge in [-0.25, -0.2) is 8.42 Å². The largest absolute Gasteiger partial charge is 0.339 e. The number of carbonyl (C=O) groups excluding carboxylic acids is 2. The molecule has 1 atom stereocenters. The minimum absolute atomic E-state index is 0.0728. The lowest BCUT2D eigenvalue weighted by atomic mass is 10.0. The summed E-state index contributed by atoms with van der Waals surface area (Å²) in [4.78, 5) is 27.2. The third-order valence-corrected chi connectivity index (χ3v) is 6.59. The average Bonchev–Trinajstić information content (AvgIpc) is 2.74. The van der Waals surface area contributed by atoms with Crippen LogP contribution in [-0.4, -0.2) is 44.3 Å². The number of nitrogens with zero attached hydrogens (tertiary/aromatic N) is 1. The highest BCUT2D eigenvalue weighted by molar-refractivity contribution is 7.89. The molecular weight excluding hydrogens is 426 g/mol. The fourth-order valence-electron chi connectivity index (χ4n) is 3.27. The van der Waals surface area contributed by atoms with Crippen LogP contribution in [0, 0.1) is 12.8 Å². The number of aryl methyl sites for hydroxylation is 1. The summed E-state index contributed by atoms with van der Waals surface area (Å²) in [5, 5.41) is 2.76. The van der Waals surface area contributed by atoms with E-state index in [9.17, 15) is 18.0 Å². The monoisotopic (exact) mass is 459 g/mol. The molecule has 0 aromatic heterocycles. The summed E-state index contributed by atoms with van der Waals surface area (Å²) < 4.78 is 28.1. The Morgan fingerprint density at radius 1 is 0.938 bits per heavy atom. The van der Waals surface area contributed by atoms with Gasteiger partial charge in [0.05, 0.1) is 4.90 Å². The summed E-state index contributed by atoms with van der Waals surface area (Å²) >= 11 is 0. The molecule has 0 radical (unpaired) electrons. The van der Waals surface area contributed by atoms with Crippen molar-refractivity contribution in [1.82, 2.24) is 9.62 Å². The number of rotatable bonds is 10. The Morgan fingerprint density at radius 3 is 2.00 bits per heavy atom. The topological polar surface area (TPSA) is 95.6 Å². The van der Waals surface area contributed by atoms with Gasteiger partial charge in [0.15, 0.2) is 0 Å². The standard InChI is InChI=1S/C24H33N3O4S/c1-6-27(7-2)24(29)19-10-12-20(13-11-19)25-23(28)22(16-17(3)4)26-32(30,31)21-14-8-18(5)9-15-21/h8-15,17,22,26H,6-7,16H2,1-5H3,(H,25,28)/t22-/m0/s1. The highest BCUT2D eigenvalue weighted by Gasteiger charge is 2.26. The van der Waals surface area contributed by atoms with Crippen LogP contribution in [0.2, 0.25) is 0 Å². The maximum atomic E-state index is 12.9. The molecule has 0 aliphatic heterocycles. The van der Waals surface area contributed by atoms with Crippen molar-refractivity contribution in [2.24, 2.45) is 5.92 Å². The minimum Gasteiger partial charge on any atom is -0.339 e. The van der Waals surface area contributed by atoms with E-state index in [2.05, 4.69) is 10.0 Å². The van der Waals surface area contributed by atoms with E-state index >= 15 is 0 Å². The summed E-state index contributed by atoms with van der Waals surface area (Å²) in [5.74, 6) is -0.422. The lowest BCUT2D eigenvalue weighted by molar-refractivity contribution is -0.118. The SMILES string of the molecule is CCN(CC)C(=O)c1ccc(NC(=O)[C@H](CC(C)C)NS(=O)(=O)c2ccc(C)cc2)cc1. The molecule has 2 amide bonds. The number of carbonyl (C=O) groups is 2. The Bertz CT molecular complexity index is 1010. The second-order valence-corrected chi connectivity index (χ2v) is 9.87. The molecule has 32 heavy (non-hydrogen) atoms. The van der Waals surface area contributed by atoms with Gasteiger partial charge in [0.1, 0.15) is 6.04 Å². The Balaban J connectivity index is 2.16. The van der Waals surface area contributed by atoms with Gasteiger partial charge in [-0.2, -0.15) is 4.72 Å². The third kappa shape index (κ3) is 6.90. The Labute approximate surface area is 191 Å². The molecule has 0 saturated carbocycles. The molecular formula is C24H33N3O4S. The predicted molar refractivity (Wildman–Crippen MR) is 127 cm³/mol. The van der Waals surface area contributed by atoms with Crippen LogP contribution in [-0.2, 0) is 14.8 Å². The van der Waals surface area contributed by atoms with Crippen molar-refractivity contribution < 1.29 is 18.0 Å². The van der Waals surface area contributed by atoms with Crippen molar-refractivity contribution >= 4 is 27.5 Å². The van der Waals surface area contributed by atoms with Crippen LogP contribution in [0.4, 0.5) is 5.69 Å². The number of benzene rings is 2. The molecule has 8 heteroatoms. The number of sulfonamides is 1. The number of hydrogen-bond donors (Lipinski definition) is 2. The van der Waals surface area contributed by atoms with Crippen molar-refractivity contribution in [3.8, 4) is 0 Å². The molecule has 0 heterocycles. The first-order valence-corrected chi connectivity index (χ1v) is 12.3. The van der Waals surface area contributed by atoms with Gasteiger partial charge in [-0.3, -0.25) is 9.59 Å². The Kier molecular flexibility index (Phi) is 8.98. The minimum atomic E-state index is -3.85. The zero-order valence-electron chi connectivity index (χ0n) is 19.4. The fraction of sp³-hybridized carbons (Fsp3) is 0.417. The first kappa shape index (κ1) is 25.5. The molecule has 2 aromatic rings. The zero-order chi connectivity index (χ0) is 23.9. The lowest BCUT2D eigenvalue weighted by Crippen LogP contribution is -2.44. The number of amides is 2. The van der Waals surface area contributed by atoms with E-state index in [1.165, 1.54) is 12.1 Å². The molecule has 0 spiro atoms. The van der Waals surface area contributed by atoms with E-state index in [0.29, 0.717) is 30.8 Å². The van der Waals surface area contributed by atoms with Crippen molar-refractivity contribution in [1.29, 1.82) is 0 Å². The van der Waals surface area contributed by atoms with Crippen molar-refractivity contribution in [2.75, 3.05) is 18.4 Å². The van der Waals surface area contributed by atoms with Crippen LogP contribution in [0.25, 0.3) is 0 Å². The maximum absolute atomic E-state index is 12.9. The molecule has 0 fully saturated rings. The molecule has 174 valence electrons. The fourth-order valence-corrected chi connectivity index (χ4v) is 4.48. The van der Waals surface area contributed by atoms with E-state index in [1.54, 1.807) is 41.3 Å². The van der Waals surface area contributed by atoms with Crippen LogP contribution in [0.15, 0.2) is 53.4 Å². The van der Waals surface area contributed by atoms with E-state index in [0.717, 1.165) is 5.56 Å². The summed E-state index contributed by atoms with van der Waals surface area (Å²) in [6, 6.07) is 12.2. The van der Waals surface area contributed by atoms with E-state index in [1.807, 2.05) is 34.6 Å². The molecule has 7 nitrogen and oxygen atoms in total. The molecule has 0 aliphatic carbocycles. The van der Waals surface area contributed by atoms with E-state index < -0.39 is 22.0 Å². The first-order valence-electron chi connectivity index (χ1n) is 10.9. The van der Waals surface area contributed by atoms with Crippen LogP contribution < -0.4 is 10.0 Å². The second-order valence-electron chi connectivity index (χ2n) is 8.16. The highest BCUT2D eigenvalue weighted by atomic mass is 32.2. The summed E-state index contributed by atoms with van der Waals surface area (Å²) in [6.07, 6.45) is 0.343. The van der Waals surface area contributed by atoms with E-state index in [4.69, 9.17) is 0 Å². The summed E-state index contributed by atoms with van der Waals surface area (Å²) in [5.41, 5.74) is 1.98. The molecule has 2 aromatic carbocycles. The number of nitrogens with one attached hydrogen (secondary N) is 2. The Morgan fingerprint density at radius 2 is 1.50 bits per heavy atom. The van der Waals surface area contributed by atoms with E-state index in [-0.39, 0.29) is 16.7 Å². The van der Waals surface area contributed by atoms with Gasteiger partial charge in [0.25, 0.3) is 5.91 Å². The molecule has 2 rings (SSSR count). The van der Waals surface area contributed by atoms with Crippen LogP contribution in [0.5, 0.6) is 0 Å². The normalized spacial score (nSPS) is 12.4. The van der Waals surface area contributed by atoms with Gasteiger partial charge in [-0.05, 0) is 69.5 Å².